The van der Waals surface area contributed by atoms with Crippen molar-refractivity contribution in [2.75, 3.05) is 25.0 Å². The molecule has 0 radical (unpaired) electrons. The van der Waals surface area contributed by atoms with E-state index in [0.717, 1.165) is 17.9 Å². The Morgan fingerprint density at radius 3 is 2.55 bits per heavy atom. The molecule has 4 heteroatoms. The summed E-state index contributed by atoms with van der Waals surface area (Å²) >= 11 is 0. The third kappa shape index (κ3) is 5.13. The molecule has 116 valence electrons. The first-order valence-electron chi connectivity index (χ1n) is 7.56. The highest BCUT2D eigenvalue weighted by molar-refractivity contribution is 5.81. The quantitative estimate of drug-likeness (QED) is 0.788. The molecule has 0 aliphatic carbocycles. The van der Waals surface area contributed by atoms with E-state index < -0.39 is 0 Å². The minimum absolute atomic E-state index is 0.0257. The lowest BCUT2D eigenvalue weighted by molar-refractivity contribution is -0.119. The zero-order valence-corrected chi connectivity index (χ0v) is 12.8. The van der Waals surface area contributed by atoms with E-state index in [4.69, 9.17) is 4.74 Å². The first-order chi connectivity index (χ1) is 10.8. The van der Waals surface area contributed by atoms with Gasteiger partial charge in [0.05, 0.1) is 18.8 Å². The fourth-order valence-electron chi connectivity index (χ4n) is 2.12. The van der Waals surface area contributed by atoms with E-state index in [0.29, 0.717) is 13.2 Å². The van der Waals surface area contributed by atoms with Crippen LogP contribution in [0.3, 0.4) is 0 Å². The van der Waals surface area contributed by atoms with Crippen LogP contribution in [0, 0.1) is 0 Å². The second-order valence-corrected chi connectivity index (χ2v) is 4.87. The van der Waals surface area contributed by atoms with Gasteiger partial charge in [0.25, 0.3) is 0 Å². The fourth-order valence-corrected chi connectivity index (χ4v) is 2.12. The summed E-state index contributed by atoms with van der Waals surface area (Å²) in [6, 6.07) is 17.7. The van der Waals surface area contributed by atoms with Crippen LogP contribution in [0.2, 0.25) is 0 Å². The largest absolute Gasteiger partial charge is 0.492 e. The molecular formula is C18H22N2O2. The van der Waals surface area contributed by atoms with E-state index in [1.54, 1.807) is 0 Å². The second-order valence-electron chi connectivity index (χ2n) is 4.87. The summed E-state index contributed by atoms with van der Waals surface area (Å²) in [6.45, 7) is 3.41. The molecule has 0 spiro atoms. The van der Waals surface area contributed by atoms with Gasteiger partial charge in [0.15, 0.2) is 0 Å². The van der Waals surface area contributed by atoms with Gasteiger partial charge in [-0.15, -0.1) is 0 Å². The van der Waals surface area contributed by atoms with Crippen molar-refractivity contribution in [3.8, 4) is 5.75 Å². The average molecular weight is 298 g/mol. The number of hydrogen-bond donors (Lipinski definition) is 2. The van der Waals surface area contributed by atoms with Gasteiger partial charge in [-0.3, -0.25) is 4.79 Å². The van der Waals surface area contributed by atoms with Crippen LogP contribution in [-0.2, 0) is 11.2 Å². The van der Waals surface area contributed by atoms with E-state index in [9.17, 15) is 4.79 Å². The van der Waals surface area contributed by atoms with Crippen molar-refractivity contribution < 1.29 is 9.53 Å². The number of carbonyl (C=O) groups is 1. The highest BCUT2D eigenvalue weighted by Gasteiger charge is 2.05. The van der Waals surface area contributed by atoms with Crippen LogP contribution >= 0.6 is 0 Å². The molecule has 2 rings (SSSR count). The number of rotatable bonds is 8. The van der Waals surface area contributed by atoms with Gasteiger partial charge in [0.1, 0.15) is 5.75 Å². The zero-order valence-electron chi connectivity index (χ0n) is 12.8. The normalized spacial score (nSPS) is 10.0. The number of carbonyl (C=O) groups excluding carboxylic acids is 1. The lowest BCUT2D eigenvalue weighted by Crippen LogP contribution is -2.31. The van der Waals surface area contributed by atoms with Crippen LogP contribution in [-0.4, -0.2) is 25.6 Å². The van der Waals surface area contributed by atoms with Crippen LogP contribution in [0.15, 0.2) is 54.6 Å². The Morgan fingerprint density at radius 2 is 1.77 bits per heavy atom. The third-order valence-electron chi connectivity index (χ3n) is 3.20. The molecule has 0 aromatic heterocycles. The van der Waals surface area contributed by atoms with Crippen LogP contribution in [0.1, 0.15) is 12.5 Å². The molecule has 4 nitrogen and oxygen atoms in total. The third-order valence-corrected chi connectivity index (χ3v) is 3.20. The number of anilines is 1. The second kappa shape index (κ2) is 8.72. The van der Waals surface area contributed by atoms with Gasteiger partial charge in [-0.2, -0.15) is 0 Å². The molecule has 0 saturated carbocycles. The predicted molar refractivity (Wildman–Crippen MR) is 89.3 cm³/mol. The van der Waals surface area contributed by atoms with Crippen molar-refractivity contribution in [3.05, 3.63) is 60.2 Å². The number of hydrogen-bond acceptors (Lipinski definition) is 3. The summed E-state index contributed by atoms with van der Waals surface area (Å²) < 4.78 is 5.51. The lowest BCUT2D eigenvalue weighted by atomic mass is 10.1. The molecule has 2 aromatic carbocycles. The molecule has 22 heavy (non-hydrogen) atoms. The van der Waals surface area contributed by atoms with Crippen LogP contribution in [0.5, 0.6) is 5.75 Å². The van der Waals surface area contributed by atoms with Crippen molar-refractivity contribution in [1.82, 2.24) is 5.32 Å². The minimum atomic E-state index is -0.0257. The molecule has 0 unspecified atom stereocenters. The van der Waals surface area contributed by atoms with E-state index in [1.807, 2.05) is 49.4 Å². The smallest absolute Gasteiger partial charge is 0.239 e. The summed E-state index contributed by atoms with van der Waals surface area (Å²) in [4.78, 5) is 11.9. The predicted octanol–water partition coefficient (Wildman–Crippen LogP) is 2.86. The Labute approximate surface area is 131 Å². The van der Waals surface area contributed by atoms with Crippen molar-refractivity contribution in [2.24, 2.45) is 0 Å². The van der Waals surface area contributed by atoms with E-state index in [2.05, 4.69) is 22.8 Å². The summed E-state index contributed by atoms with van der Waals surface area (Å²) in [5.41, 5.74) is 2.06. The van der Waals surface area contributed by atoms with Gasteiger partial charge in [0, 0.05) is 6.54 Å². The first kappa shape index (κ1) is 15.9. The molecule has 0 atom stereocenters. The van der Waals surface area contributed by atoms with Crippen LogP contribution in [0.25, 0.3) is 0 Å². The Balaban J connectivity index is 1.74. The molecule has 0 aliphatic heterocycles. The molecule has 0 saturated heterocycles. The van der Waals surface area contributed by atoms with Gasteiger partial charge in [0.2, 0.25) is 5.91 Å². The van der Waals surface area contributed by atoms with E-state index >= 15 is 0 Å². The minimum Gasteiger partial charge on any atom is -0.492 e. The van der Waals surface area contributed by atoms with Crippen LogP contribution in [0.4, 0.5) is 5.69 Å². The van der Waals surface area contributed by atoms with Gasteiger partial charge in [-0.25, -0.2) is 0 Å². The van der Waals surface area contributed by atoms with Crippen molar-refractivity contribution >= 4 is 11.6 Å². The maximum Gasteiger partial charge on any atom is 0.239 e. The maximum atomic E-state index is 11.9. The Bertz CT molecular complexity index is 585. The Hall–Kier alpha value is -2.49. The number of ether oxygens (including phenoxy) is 1. The van der Waals surface area contributed by atoms with Gasteiger partial charge in [-0.05, 0) is 31.0 Å². The van der Waals surface area contributed by atoms with Gasteiger partial charge >= 0.3 is 0 Å². The van der Waals surface area contributed by atoms with E-state index in [-0.39, 0.29) is 12.5 Å². The van der Waals surface area contributed by atoms with Crippen molar-refractivity contribution in [2.45, 2.75) is 13.3 Å². The van der Waals surface area contributed by atoms with Gasteiger partial charge < -0.3 is 15.4 Å². The Morgan fingerprint density at radius 1 is 1.05 bits per heavy atom. The molecule has 0 aliphatic rings. The van der Waals surface area contributed by atoms with Crippen LogP contribution < -0.4 is 15.4 Å². The average Bonchev–Trinajstić information content (AvgIpc) is 2.55. The highest BCUT2D eigenvalue weighted by atomic mass is 16.5. The summed E-state index contributed by atoms with van der Waals surface area (Å²) in [5, 5.41) is 6.02. The zero-order chi connectivity index (χ0) is 15.6. The standard InChI is InChI=1S/C18H22N2O2/c1-2-22-17-11-7-6-10-16(17)20-14-18(21)19-13-12-15-8-4-3-5-9-15/h3-11,20H,2,12-14H2,1H3,(H,19,21). The van der Waals surface area contributed by atoms with Crippen molar-refractivity contribution in [1.29, 1.82) is 0 Å². The highest BCUT2D eigenvalue weighted by Crippen LogP contribution is 2.23. The molecule has 0 bridgehead atoms. The number of benzene rings is 2. The SMILES string of the molecule is CCOc1ccccc1NCC(=O)NCCc1ccccc1. The molecule has 1 amide bonds. The Kier molecular flexibility index (Phi) is 6.30. The fraction of sp³-hybridized carbons (Fsp3) is 0.278. The first-order valence-corrected chi connectivity index (χ1v) is 7.56. The number of amides is 1. The topological polar surface area (TPSA) is 50.4 Å². The number of nitrogens with one attached hydrogen (secondary N) is 2. The maximum absolute atomic E-state index is 11.9. The molecule has 2 N–H and O–H groups in total. The molecule has 0 heterocycles. The summed E-state index contributed by atoms with van der Waals surface area (Å²) in [7, 11) is 0. The van der Waals surface area contributed by atoms with Crippen molar-refractivity contribution in [3.63, 3.8) is 0 Å². The van der Waals surface area contributed by atoms with E-state index in [1.165, 1.54) is 5.56 Å². The summed E-state index contributed by atoms with van der Waals surface area (Å²) in [6.07, 6.45) is 0.835. The van der Waals surface area contributed by atoms with Gasteiger partial charge in [-0.1, -0.05) is 42.5 Å². The molecule has 0 fully saturated rings. The lowest BCUT2D eigenvalue weighted by Gasteiger charge is -2.12. The number of para-hydroxylation sites is 2. The monoisotopic (exact) mass is 298 g/mol. The molecular weight excluding hydrogens is 276 g/mol. The summed E-state index contributed by atoms with van der Waals surface area (Å²) in [5.74, 6) is 0.740. The molecule has 2 aromatic rings.